The molecule has 0 radical (unpaired) electrons. The molecule has 16 heavy (non-hydrogen) atoms. The van der Waals surface area contributed by atoms with E-state index in [4.69, 9.17) is 4.74 Å². The zero-order chi connectivity index (χ0) is 12.6. The molecule has 0 aromatic carbocycles. The van der Waals surface area contributed by atoms with Crippen molar-refractivity contribution in [1.29, 1.82) is 0 Å². The van der Waals surface area contributed by atoms with Crippen molar-refractivity contribution < 1.29 is 19.1 Å². The monoisotopic (exact) mass is 229 g/mol. The number of methoxy groups -OCH3 is 1. The van der Waals surface area contributed by atoms with Gasteiger partial charge >= 0.3 is 12.1 Å². The number of esters is 1. The van der Waals surface area contributed by atoms with Gasteiger partial charge in [-0.25, -0.2) is 9.59 Å². The van der Waals surface area contributed by atoms with Crippen LogP contribution in [0.4, 0.5) is 4.79 Å². The molecule has 0 aliphatic carbocycles. The van der Waals surface area contributed by atoms with Gasteiger partial charge in [-0.1, -0.05) is 26.0 Å². The lowest BCUT2D eigenvalue weighted by molar-refractivity contribution is -0.148. The molecule has 92 valence electrons. The molecule has 0 heterocycles. The fourth-order valence-electron chi connectivity index (χ4n) is 1.34. The van der Waals surface area contributed by atoms with E-state index in [1.807, 2.05) is 6.92 Å². The molecule has 5 heteroatoms. The average Bonchev–Trinajstić information content (AvgIpc) is 2.25. The van der Waals surface area contributed by atoms with Crippen LogP contribution in [-0.2, 0) is 14.3 Å². The van der Waals surface area contributed by atoms with Crippen molar-refractivity contribution in [3.05, 3.63) is 12.7 Å². The van der Waals surface area contributed by atoms with Crippen LogP contribution >= 0.6 is 0 Å². The third-order valence-corrected chi connectivity index (χ3v) is 2.10. The van der Waals surface area contributed by atoms with Crippen LogP contribution in [0, 0.1) is 0 Å². The quantitative estimate of drug-likeness (QED) is 0.555. The molecule has 0 rings (SSSR count). The molecule has 0 aliphatic heterocycles. The Morgan fingerprint density at radius 3 is 2.56 bits per heavy atom. The first kappa shape index (κ1) is 14.5. The van der Waals surface area contributed by atoms with Gasteiger partial charge in [0.25, 0.3) is 0 Å². The third kappa shape index (κ3) is 4.33. The zero-order valence-electron chi connectivity index (χ0n) is 10.0. The second-order valence-electron chi connectivity index (χ2n) is 3.59. The van der Waals surface area contributed by atoms with E-state index in [0.29, 0.717) is 6.42 Å². The normalized spacial score (nSPS) is 13.4. The maximum atomic E-state index is 11.5. The maximum absolute atomic E-state index is 11.5. The first-order valence-electron chi connectivity index (χ1n) is 5.14. The van der Waals surface area contributed by atoms with E-state index in [1.165, 1.54) is 13.2 Å². The summed E-state index contributed by atoms with van der Waals surface area (Å²) in [6, 6.07) is 0. The van der Waals surface area contributed by atoms with Gasteiger partial charge in [0.2, 0.25) is 0 Å². The van der Waals surface area contributed by atoms with Crippen LogP contribution in [0.3, 0.4) is 0 Å². The molecule has 0 fully saturated rings. The first-order chi connectivity index (χ1) is 7.50. The van der Waals surface area contributed by atoms with E-state index in [1.54, 1.807) is 6.92 Å². The Bertz CT molecular complexity index is 265. The van der Waals surface area contributed by atoms with Crippen LogP contribution in [0.2, 0.25) is 0 Å². The minimum atomic E-state index is -1.04. The summed E-state index contributed by atoms with van der Waals surface area (Å²) >= 11 is 0. The van der Waals surface area contributed by atoms with Gasteiger partial charge in [-0.15, -0.1) is 0 Å². The van der Waals surface area contributed by atoms with Crippen molar-refractivity contribution in [3.63, 3.8) is 0 Å². The van der Waals surface area contributed by atoms with Gasteiger partial charge < -0.3 is 14.8 Å². The van der Waals surface area contributed by atoms with E-state index in [0.717, 1.165) is 6.42 Å². The molecule has 0 bridgehead atoms. The molecule has 0 spiro atoms. The summed E-state index contributed by atoms with van der Waals surface area (Å²) in [5.74, 6) is -0.482. The van der Waals surface area contributed by atoms with E-state index in [2.05, 4.69) is 16.6 Å². The Morgan fingerprint density at radius 1 is 1.50 bits per heavy atom. The van der Waals surface area contributed by atoms with Crippen LogP contribution in [0.1, 0.15) is 26.7 Å². The molecule has 0 saturated heterocycles. The highest BCUT2D eigenvalue weighted by Gasteiger charge is 2.35. The third-order valence-electron chi connectivity index (χ3n) is 2.10. The summed E-state index contributed by atoms with van der Waals surface area (Å²) in [6.07, 6.45) is 2.03. The van der Waals surface area contributed by atoms with Gasteiger partial charge in [-0.05, 0) is 13.3 Å². The Kier molecular flexibility index (Phi) is 6.22. The van der Waals surface area contributed by atoms with E-state index in [9.17, 15) is 9.59 Å². The largest absolute Gasteiger partial charge is 0.467 e. The molecule has 5 nitrogen and oxygen atoms in total. The predicted molar refractivity (Wildman–Crippen MR) is 60.0 cm³/mol. The van der Waals surface area contributed by atoms with Crippen molar-refractivity contribution in [2.24, 2.45) is 0 Å². The number of amides is 1. The summed E-state index contributed by atoms with van der Waals surface area (Å²) in [7, 11) is 1.28. The highest BCUT2D eigenvalue weighted by Crippen LogP contribution is 2.14. The van der Waals surface area contributed by atoms with Gasteiger partial charge in [0.05, 0.1) is 7.11 Å². The molecule has 1 unspecified atom stereocenters. The van der Waals surface area contributed by atoms with Crippen LogP contribution < -0.4 is 5.32 Å². The highest BCUT2D eigenvalue weighted by molar-refractivity contribution is 5.85. The molecule has 0 aliphatic rings. The van der Waals surface area contributed by atoms with Crippen LogP contribution in [0.15, 0.2) is 12.7 Å². The van der Waals surface area contributed by atoms with E-state index in [-0.39, 0.29) is 6.61 Å². The van der Waals surface area contributed by atoms with Crippen LogP contribution in [0.5, 0.6) is 0 Å². The SMILES string of the molecule is C=CCOC(=O)NC(C)(CCC)C(=O)OC. The number of carbonyl (C=O) groups excluding carboxylic acids is 2. The fourth-order valence-corrected chi connectivity index (χ4v) is 1.34. The molecule has 1 atom stereocenters. The Hall–Kier alpha value is -1.52. The van der Waals surface area contributed by atoms with Gasteiger partial charge in [0.15, 0.2) is 0 Å². The van der Waals surface area contributed by atoms with Crippen LogP contribution in [-0.4, -0.2) is 31.3 Å². The van der Waals surface area contributed by atoms with Crippen molar-refractivity contribution in [2.45, 2.75) is 32.2 Å². The molecule has 1 N–H and O–H groups in total. The van der Waals surface area contributed by atoms with Crippen molar-refractivity contribution in [3.8, 4) is 0 Å². The smallest absolute Gasteiger partial charge is 0.408 e. The van der Waals surface area contributed by atoms with Gasteiger partial charge in [-0.2, -0.15) is 0 Å². The molecular formula is C11H19NO4. The molecule has 0 aromatic heterocycles. The topological polar surface area (TPSA) is 64.6 Å². The zero-order valence-corrected chi connectivity index (χ0v) is 10.0. The fraction of sp³-hybridized carbons (Fsp3) is 0.636. The van der Waals surface area contributed by atoms with Gasteiger partial charge in [0, 0.05) is 0 Å². The lowest BCUT2D eigenvalue weighted by Crippen LogP contribution is -2.52. The van der Waals surface area contributed by atoms with Crippen molar-refractivity contribution in [1.82, 2.24) is 5.32 Å². The minimum Gasteiger partial charge on any atom is -0.467 e. The molecule has 0 saturated carbocycles. The number of ether oxygens (including phenoxy) is 2. The lowest BCUT2D eigenvalue weighted by Gasteiger charge is -2.26. The highest BCUT2D eigenvalue weighted by atomic mass is 16.6. The van der Waals surface area contributed by atoms with Gasteiger partial charge in [-0.3, -0.25) is 0 Å². The molecular weight excluding hydrogens is 210 g/mol. The van der Waals surface area contributed by atoms with Crippen molar-refractivity contribution >= 4 is 12.1 Å². The Morgan fingerprint density at radius 2 is 2.12 bits per heavy atom. The number of nitrogens with one attached hydrogen (secondary N) is 1. The maximum Gasteiger partial charge on any atom is 0.408 e. The number of hydrogen-bond donors (Lipinski definition) is 1. The number of rotatable bonds is 6. The number of carbonyl (C=O) groups is 2. The lowest BCUT2D eigenvalue weighted by atomic mass is 9.96. The predicted octanol–water partition coefficient (Wildman–Crippen LogP) is 1.63. The summed E-state index contributed by atoms with van der Waals surface area (Å²) < 4.78 is 9.40. The number of hydrogen-bond acceptors (Lipinski definition) is 4. The first-order valence-corrected chi connectivity index (χ1v) is 5.14. The number of alkyl carbamates (subject to hydrolysis) is 1. The molecule has 1 amide bonds. The summed E-state index contributed by atoms with van der Waals surface area (Å²) in [4.78, 5) is 22.8. The van der Waals surface area contributed by atoms with Gasteiger partial charge in [0.1, 0.15) is 12.1 Å². The summed E-state index contributed by atoms with van der Waals surface area (Å²) in [5.41, 5.74) is -1.04. The van der Waals surface area contributed by atoms with E-state index >= 15 is 0 Å². The Labute approximate surface area is 95.8 Å². The standard InChI is InChI=1S/C11H19NO4/c1-5-7-11(3,9(13)15-4)12-10(14)16-8-6-2/h6H,2,5,7-8H2,1,3-4H3,(H,12,14). The second kappa shape index (κ2) is 6.87. The van der Waals surface area contributed by atoms with Crippen molar-refractivity contribution in [2.75, 3.05) is 13.7 Å². The van der Waals surface area contributed by atoms with Crippen LogP contribution in [0.25, 0.3) is 0 Å². The molecule has 0 aromatic rings. The summed E-state index contributed by atoms with van der Waals surface area (Å²) in [6.45, 7) is 7.05. The average molecular weight is 229 g/mol. The minimum absolute atomic E-state index is 0.106. The summed E-state index contributed by atoms with van der Waals surface area (Å²) in [5, 5.41) is 2.50. The van der Waals surface area contributed by atoms with E-state index < -0.39 is 17.6 Å². The second-order valence-corrected chi connectivity index (χ2v) is 3.59. The Balaban J connectivity index is 4.48.